The number of likely N-dealkylation sites (tertiary alicyclic amines) is 1. The summed E-state index contributed by atoms with van der Waals surface area (Å²) in [5.41, 5.74) is 0.329. The molecule has 6 nitrogen and oxygen atoms in total. The Morgan fingerprint density at radius 3 is 3.06 bits per heavy atom. The molecule has 0 bridgehead atoms. The number of aromatic nitrogens is 3. The number of carbonyl (C=O) groups is 2. The number of hydrogen-bond donors (Lipinski definition) is 0. The third-order valence-electron chi connectivity index (χ3n) is 3.11. The first-order chi connectivity index (χ1) is 8.20. The molecule has 1 aliphatic rings. The lowest BCUT2D eigenvalue weighted by Crippen LogP contribution is -2.44. The van der Waals surface area contributed by atoms with Crippen LogP contribution in [0.4, 0.5) is 0 Å². The van der Waals surface area contributed by atoms with Crippen molar-refractivity contribution in [3.8, 4) is 0 Å². The molecule has 1 amide bonds. The van der Waals surface area contributed by atoms with E-state index in [0.717, 1.165) is 25.8 Å². The summed E-state index contributed by atoms with van der Waals surface area (Å²) in [5.74, 6) is 0.102. The third kappa shape index (κ3) is 2.69. The smallest absolute Gasteiger partial charge is 0.219 e. The highest BCUT2D eigenvalue weighted by atomic mass is 16.2. The Morgan fingerprint density at radius 1 is 1.59 bits per heavy atom. The Labute approximate surface area is 99.6 Å². The molecule has 6 heteroatoms. The number of aldehydes is 1. The molecule has 0 unspecified atom stereocenters. The number of hydrogen-bond acceptors (Lipinski definition) is 4. The fourth-order valence-electron chi connectivity index (χ4n) is 2.28. The van der Waals surface area contributed by atoms with Gasteiger partial charge >= 0.3 is 0 Å². The van der Waals surface area contributed by atoms with Gasteiger partial charge in [0.25, 0.3) is 0 Å². The van der Waals surface area contributed by atoms with Gasteiger partial charge in [0.1, 0.15) is 5.69 Å². The monoisotopic (exact) mass is 236 g/mol. The summed E-state index contributed by atoms with van der Waals surface area (Å²) in [6.07, 6.45) is 5.46. The van der Waals surface area contributed by atoms with Gasteiger partial charge in [0.2, 0.25) is 5.91 Å². The molecule has 1 saturated heterocycles. The van der Waals surface area contributed by atoms with Gasteiger partial charge in [0, 0.05) is 13.5 Å². The van der Waals surface area contributed by atoms with Crippen LogP contribution in [-0.4, -0.2) is 44.7 Å². The molecule has 1 aliphatic heterocycles. The Morgan fingerprint density at radius 2 is 2.41 bits per heavy atom. The lowest BCUT2D eigenvalue weighted by atomic mass is 10.0. The molecular weight excluding hydrogens is 220 g/mol. The second-order valence-corrected chi connectivity index (χ2v) is 4.35. The van der Waals surface area contributed by atoms with Crippen LogP contribution in [0.5, 0.6) is 0 Å². The van der Waals surface area contributed by atoms with Crippen LogP contribution in [0.3, 0.4) is 0 Å². The molecule has 0 aromatic carbocycles. The van der Waals surface area contributed by atoms with Crippen LogP contribution >= 0.6 is 0 Å². The minimum Gasteiger partial charge on any atom is -0.338 e. The van der Waals surface area contributed by atoms with E-state index in [9.17, 15) is 9.59 Å². The Bertz CT molecular complexity index is 415. The maximum absolute atomic E-state index is 11.5. The summed E-state index contributed by atoms with van der Waals surface area (Å²) in [6, 6.07) is 0.169. The number of piperidine rings is 1. The summed E-state index contributed by atoms with van der Waals surface area (Å²) in [7, 11) is 0. The van der Waals surface area contributed by atoms with Crippen molar-refractivity contribution in [3.63, 3.8) is 0 Å². The van der Waals surface area contributed by atoms with E-state index in [1.807, 2.05) is 4.90 Å². The van der Waals surface area contributed by atoms with E-state index in [1.54, 1.807) is 17.8 Å². The van der Waals surface area contributed by atoms with Crippen LogP contribution in [0.15, 0.2) is 6.20 Å². The lowest BCUT2D eigenvalue weighted by Gasteiger charge is -2.34. The highest BCUT2D eigenvalue weighted by Gasteiger charge is 2.24. The van der Waals surface area contributed by atoms with Crippen molar-refractivity contribution in [3.05, 3.63) is 11.9 Å². The SMILES string of the molecule is CC(=O)N1CCCC[C@H]1Cn1cc(C=O)nn1. The molecule has 1 fully saturated rings. The molecule has 0 aliphatic carbocycles. The number of nitrogens with zero attached hydrogens (tertiary/aromatic N) is 4. The average molecular weight is 236 g/mol. The van der Waals surface area contributed by atoms with Gasteiger partial charge in [0.15, 0.2) is 6.29 Å². The van der Waals surface area contributed by atoms with Gasteiger partial charge in [-0.1, -0.05) is 5.21 Å². The summed E-state index contributed by atoms with van der Waals surface area (Å²) in [4.78, 5) is 23.9. The molecule has 1 atom stereocenters. The Kier molecular flexibility index (Phi) is 3.51. The first-order valence-electron chi connectivity index (χ1n) is 5.83. The predicted octanol–water partition coefficient (Wildman–Crippen LogP) is 0.492. The molecule has 0 N–H and O–H groups in total. The van der Waals surface area contributed by atoms with Gasteiger partial charge in [0.05, 0.1) is 18.8 Å². The molecule has 1 aromatic rings. The highest BCUT2D eigenvalue weighted by molar-refractivity contribution is 5.73. The maximum atomic E-state index is 11.5. The fourth-order valence-corrected chi connectivity index (χ4v) is 2.28. The van der Waals surface area contributed by atoms with Gasteiger partial charge in [-0.15, -0.1) is 5.10 Å². The summed E-state index contributed by atoms with van der Waals surface area (Å²) in [6.45, 7) is 3.02. The molecule has 0 spiro atoms. The predicted molar refractivity (Wildman–Crippen MR) is 60.4 cm³/mol. The topological polar surface area (TPSA) is 68.1 Å². The molecular formula is C11H16N4O2. The largest absolute Gasteiger partial charge is 0.338 e. The van der Waals surface area contributed by atoms with Crippen LogP contribution in [0.1, 0.15) is 36.7 Å². The first-order valence-corrected chi connectivity index (χ1v) is 5.83. The van der Waals surface area contributed by atoms with E-state index in [-0.39, 0.29) is 11.9 Å². The van der Waals surface area contributed by atoms with Gasteiger partial charge in [-0.3, -0.25) is 9.59 Å². The molecule has 2 heterocycles. The lowest BCUT2D eigenvalue weighted by molar-refractivity contribution is -0.132. The van der Waals surface area contributed by atoms with Gasteiger partial charge in [-0.25, -0.2) is 4.68 Å². The molecule has 1 aromatic heterocycles. The van der Waals surface area contributed by atoms with E-state index in [1.165, 1.54) is 0 Å². The zero-order chi connectivity index (χ0) is 12.3. The molecule has 0 saturated carbocycles. The van der Waals surface area contributed by atoms with E-state index in [4.69, 9.17) is 0 Å². The fraction of sp³-hybridized carbons (Fsp3) is 0.636. The normalized spacial score (nSPS) is 20.3. The first kappa shape index (κ1) is 11.8. The molecule has 2 rings (SSSR count). The average Bonchev–Trinajstić information content (AvgIpc) is 2.77. The summed E-state index contributed by atoms with van der Waals surface area (Å²) in [5, 5.41) is 7.58. The maximum Gasteiger partial charge on any atom is 0.219 e. The van der Waals surface area contributed by atoms with Gasteiger partial charge < -0.3 is 4.90 Å². The second kappa shape index (κ2) is 5.07. The van der Waals surface area contributed by atoms with Crippen molar-refractivity contribution in [2.45, 2.75) is 38.8 Å². The molecule has 92 valence electrons. The summed E-state index contributed by atoms with van der Waals surface area (Å²) < 4.78 is 1.63. The van der Waals surface area contributed by atoms with Crippen LogP contribution < -0.4 is 0 Å². The standard InChI is InChI=1S/C11H16N4O2/c1-9(17)15-5-3-2-4-11(15)7-14-6-10(8-16)12-13-14/h6,8,11H,2-5,7H2,1H3/t11-/m0/s1. The van der Waals surface area contributed by atoms with E-state index in [0.29, 0.717) is 18.5 Å². The molecule has 17 heavy (non-hydrogen) atoms. The third-order valence-corrected chi connectivity index (χ3v) is 3.11. The van der Waals surface area contributed by atoms with Crippen LogP contribution in [0, 0.1) is 0 Å². The minimum absolute atomic E-state index is 0.102. The van der Waals surface area contributed by atoms with Crippen molar-refractivity contribution in [2.75, 3.05) is 6.54 Å². The number of amides is 1. The van der Waals surface area contributed by atoms with Crippen molar-refractivity contribution in [1.82, 2.24) is 19.9 Å². The van der Waals surface area contributed by atoms with Crippen LogP contribution in [-0.2, 0) is 11.3 Å². The van der Waals surface area contributed by atoms with E-state index < -0.39 is 0 Å². The van der Waals surface area contributed by atoms with E-state index >= 15 is 0 Å². The zero-order valence-corrected chi connectivity index (χ0v) is 9.87. The minimum atomic E-state index is 0.102. The Hall–Kier alpha value is -1.72. The van der Waals surface area contributed by atoms with Crippen molar-refractivity contribution < 1.29 is 9.59 Å². The van der Waals surface area contributed by atoms with Gasteiger partial charge in [-0.2, -0.15) is 0 Å². The van der Waals surface area contributed by atoms with Crippen molar-refractivity contribution in [1.29, 1.82) is 0 Å². The molecule has 0 radical (unpaired) electrons. The number of rotatable bonds is 3. The van der Waals surface area contributed by atoms with Gasteiger partial charge in [-0.05, 0) is 19.3 Å². The van der Waals surface area contributed by atoms with Crippen molar-refractivity contribution in [2.24, 2.45) is 0 Å². The Balaban J connectivity index is 2.04. The highest BCUT2D eigenvalue weighted by Crippen LogP contribution is 2.18. The van der Waals surface area contributed by atoms with Crippen LogP contribution in [0.2, 0.25) is 0 Å². The van der Waals surface area contributed by atoms with Crippen molar-refractivity contribution >= 4 is 12.2 Å². The zero-order valence-electron chi connectivity index (χ0n) is 9.87. The van der Waals surface area contributed by atoms with Crippen LogP contribution in [0.25, 0.3) is 0 Å². The summed E-state index contributed by atoms with van der Waals surface area (Å²) >= 11 is 0. The second-order valence-electron chi connectivity index (χ2n) is 4.35. The number of carbonyl (C=O) groups excluding carboxylic acids is 2. The van der Waals surface area contributed by atoms with E-state index in [2.05, 4.69) is 10.3 Å². The quantitative estimate of drug-likeness (QED) is 0.716.